The van der Waals surface area contributed by atoms with Crippen LogP contribution in [0.4, 0.5) is 5.82 Å². The summed E-state index contributed by atoms with van der Waals surface area (Å²) < 4.78 is 5.58. The lowest BCUT2D eigenvalue weighted by Gasteiger charge is -2.16. The number of aromatic amines is 1. The van der Waals surface area contributed by atoms with Crippen LogP contribution in [0.15, 0.2) is 35.1 Å². The molecule has 0 atom stereocenters. The van der Waals surface area contributed by atoms with Crippen LogP contribution in [0.5, 0.6) is 5.75 Å². The predicted octanol–water partition coefficient (Wildman–Crippen LogP) is 1.71. The molecule has 0 spiro atoms. The van der Waals surface area contributed by atoms with E-state index < -0.39 is 0 Å². The Balaban J connectivity index is 1.78. The van der Waals surface area contributed by atoms with Crippen LogP contribution in [0.1, 0.15) is 17.8 Å². The van der Waals surface area contributed by atoms with Gasteiger partial charge in [-0.2, -0.15) is 0 Å². The number of nitrogens with one attached hydrogen (secondary N) is 2. The molecule has 5 nitrogen and oxygen atoms in total. The van der Waals surface area contributed by atoms with Gasteiger partial charge in [-0.1, -0.05) is 18.2 Å². The number of nitrogens with zero attached hydrogens (tertiary/aromatic N) is 1. The van der Waals surface area contributed by atoms with E-state index in [9.17, 15) is 4.79 Å². The molecule has 1 aromatic carbocycles. The normalized spacial score (nSPS) is 13.5. The Kier molecular flexibility index (Phi) is 3.18. The van der Waals surface area contributed by atoms with Crippen LogP contribution in [0.2, 0.25) is 0 Å². The van der Waals surface area contributed by atoms with Gasteiger partial charge in [0, 0.05) is 6.54 Å². The van der Waals surface area contributed by atoms with Crippen LogP contribution < -0.4 is 15.6 Å². The first-order valence-corrected chi connectivity index (χ1v) is 6.37. The molecular weight excluding hydrogens is 242 g/mol. The molecule has 98 valence electrons. The monoisotopic (exact) mass is 257 g/mol. The molecule has 0 radical (unpaired) electrons. The predicted molar refractivity (Wildman–Crippen MR) is 72.4 cm³/mol. The molecule has 1 aliphatic rings. The number of H-pyrrole nitrogens is 1. The van der Waals surface area contributed by atoms with Gasteiger partial charge in [0.25, 0.3) is 5.56 Å². The highest BCUT2D eigenvalue weighted by molar-refractivity contribution is 5.45. The molecule has 0 amide bonds. The van der Waals surface area contributed by atoms with Crippen molar-refractivity contribution in [3.63, 3.8) is 0 Å². The molecule has 0 bridgehead atoms. The molecule has 2 heterocycles. The molecule has 1 aliphatic heterocycles. The molecule has 3 rings (SSSR count). The van der Waals surface area contributed by atoms with E-state index in [0.717, 1.165) is 30.7 Å². The minimum Gasteiger partial charge on any atom is -0.486 e. The van der Waals surface area contributed by atoms with Gasteiger partial charge in [-0.15, -0.1) is 0 Å². The van der Waals surface area contributed by atoms with Crippen molar-refractivity contribution in [3.05, 3.63) is 52.1 Å². The number of hydrogen-bond acceptors (Lipinski definition) is 4. The SMILES string of the molecule is O=c1[nH]c(COc2ccccc2)nc2c1CCCN2. The Labute approximate surface area is 110 Å². The van der Waals surface area contributed by atoms with Crippen LogP contribution >= 0.6 is 0 Å². The zero-order chi connectivity index (χ0) is 13.1. The lowest BCUT2D eigenvalue weighted by atomic mass is 10.1. The Morgan fingerprint density at radius 2 is 2.11 bits per heavy atom. The van der Waals surface area contributed by atoms with Gasteiger partial charge in [-0.25, -0.2) is 4.98 Å². The van der Waals surface area contributed by atoms with Crippen molar-refractivity contribution < 1.29 is 4.74 Å². The van der Waals surface area contributed by atoms with Crippen molar-refractivity contribution in [2.24, 2.45) is 0 Å². The third kappa shape index (κ3) is 2.59. The van der Waals surface area contributed by atoms with Gasteiger partial charge in [0.15, 0.2) is 0 Å². The lowest BCUT2D eigenvalue weighted by Crippen LogP contribution is -2.25. The molecule has 5 heteroatoms. The third-order valence-electron chi connectivity index (χ3n) is 3.08. The van der Waals surface area contributed by atoms with E-state index in [0.29, 0.717) is 11.6 Å². The zero-order valence-corrected chi connectivity index (χ0v) is 10.5. The maximum Gasteiger partial charge on any atom is 0.256 e. The second-order valence-corrected chi connectivity index (χ2v) is 4.47. The summed E-state index contributed by atoms with van der Waals surface area (Å²) in [7, 11) is 0. The van der Waals surface area contributed by atoms with Gasteiger partial charge in [0.05, 0.1) is 5.56 Å². The quantitative estimate of drug-likeness (QED) is 0.878. The van der Waals surface area contributed by atoms with Crippen molar-refractivity contribution in [1.29, 1.82) is 0 Å². The number of para-hydroxylation sites is 1. The topological polar surface area (TPSA) is 67.0 Å². The van der Waals surface area contributed by atoms with Crippen LogP contribution in [0.3, 0.4) is 0 Å². The maximum absolute atomic E-state index is 11.9. The zero-order valence-electron chi connectivity index (χ0n) is 10.5. The molecule has 0 unspecified atom stereocenters. The van der Waals surface area contributed by atoms with Crippen molar-refractivity contribution in [2.75, 3.05) is 11.9 Å². The number of hydrogen-bond donors (Lipinski definition) is 2. The summed E-state index contributed by atoms with van der Waals surface area (Å²) >= 11 is 0. The molecule has 0 fully saturated rings. The first kappa shape index (κ1) is 11.8. The Morgan fingerprint density at radius 3 is 2.95 bits per heavy atom. The smallest absolute Gasteiger partial charge is 0.256 e. The van der Waals surface area contributed by atoms with Crippen LogP contribution in [-0.4, -0.2) is 16.5 Å². The Morgan fingerprint density at radius 1 is 1.26 bits per heavy atom. The average Bonchev–Trinajstić information content (AvgIpc) is 2.46. The summed E-state index contributed by atoms with van der Waals surface area (Å²) in [6.45, 7) is 1.12. The van der Waals surface area contributed by atoms with E-state index in [-0.39, 0.29) is 12.2 Å². The summed E-state index contributed by atoms with van der Waals surface area (Å²) in [5, 5.41) is 3.16. The van der Waals surface area contributed by atoms with Crippen molar-refractivity contribution in [1.82, 2.24) is 9.97 Å². The summed E-state index contributed by atoms with van der Waals surface area (Å²) in [5.74, 6) is 2.00. The number of anilines is 1. The van der Waals surface area contributed by atoms with Crippen molar-refractivity contribution >= 4 is 5.82 Å². The van der Waals surface area contributed by atoms with Crippen LogP contribution in [0.25, 0.3) is 0 Å². The van der Waals surface area contributed by atoms with Gasteiger partial charge in [-0.05, 0) is 25.0 Å². The fourth-order valence-corrected chi connectivity index (χ4v) is 2.13. The van der Waals surface area contributed by atoms with Gasteiger partial charge in [-0.3, -0.25) is 4.79 Å². The summed E-state index contributed by atoms with van der Waals surface area (Å²) in [6, 6.07) is 9.47. The summed E-state index contributed by atoms with van der Waals surface area (Å²) in [5.41, 5.74) is 0.679. The summed E-state index contributed by atoms with van der Waals surface area (Å²) in [6.07, 6.45) is 1.75. The summed E-state index contributed by atoms with van der Waals surface area (Å²) in [4.78, 5) is 19.1. The van der Waals surface area contributed by atoms with E-state index in [1.54, 1.807) is 0 Å². The number of fused-ring (bicyclic) bond motifs is 1. The molecule has 0 saturated carbocycles. The molecular formula is C14H15N3O2. The van der Waals surface area contributed by atoms with Gasteiger partial charge in [0.1, 0.15) is 24.0 Å². The van der Waals surface area contributed by atoms with Gasteiger partial charge >= 0.3 is 0 Å². The molecule has 2 aromatic rings. The minimum atomic E-state index is -0.0659. The van der Waals surface area contributed by atoms with Crippen molar-refractivity contribution in [3.8, 4) is 5.75 Å². The number of aromatic nitrogens is 2. The first-order valence-electron chi connectivity index (χ1n) is 6.37. The molecule has 0 aliphatic carbocycles. The number of rotatable bonds is 3. The maximum atomic E-state index is 11.9. The van der Waals surface area contributed by atoms with E-state index in [1.165, 1.54) is 0 Å². The highest BCUT2D eigenvalue weighted by atomic mass is 16.5. The molecule has 19 heavy (non-hydrogen) atoms. The second-order valence-electron chi connectivity index (χ2n) is 4.47. The van der Waals surface area contributed by atoms with E-state index in [2.05, 4.69) is 15.3 Å². The van der Waals surface area contributed by atoms with Gasteiger partial charge in [0.2, 0.25) is 0 Å². The molecule has 1 aromatic heterocycles. The van der Waals surface area contributed by atoms with E-state index >= 15 is 0 Å². The highest BCUT2D eigenvalue weighted by Gasteiger charge is 2.15. The average molecular weight is 257 g/mol. The lowest BCUT2D eigenvalue weighted by molar-refractivity contribution is 0.295. The largest absolute Gasteiger partial charge is 0.486 e. The third-order valence-corrected chi connectivity index (χ3v) is 3.08. The van der Waals surface area contributed by atoms with Gasteiger partial charge < -0.3 is 15.0 Å². The standard InChI is InChI=1S/C14H15N3O2/c18-14-11-7-4-8-15-13(11)16-12(17-14)9-19-10-5-2-1-3-6-10/h1-3,5-6H,4,7-9H2,(H2,15,16,17,18). The molecule has 2 N–H and O–H groups in total. The second kappa shape index (κ2) is 5.14. The number of benzene rings is 1. The Hall–Kier alpha value is -2.30. The number of ether oxygens (including phenoxy) is 1. The molecule has 0 saturated heterocycles. The fraction of sp³-hybridized carbons (Fsp3) is 0.286. The Bertz CT molecular complexity index is 622. The van der Waals surface area contributed by atoms with E-state index in [4.69, 9.17) is 4.74 Å². The van der Waals surface area contributed by atoms with Crippen molar-refractivity contribution in [2.45, 2.75) is 19.4 Å². The minimum absolute atomic E-state index is 0.0659. The highest BCUT2D eigenvalue weighted by Crippen LogP contribution is 2.16. The van der Waals surface area contributed by atoms with E-state index in [1.807, 2.05) is 30.3 Å². The first-order chi connectivity index (χ1) is 9.33. The fourth-order valence-electron chi connectivity index (χ4n) is 2.13. The van der Waals surface area contributed by atoms with Crippen LogP contribution in [-0.2, 0) is 13.0 Å². The van der Waals surface area contributed by atoms with Crippen LogP contribution in [0, 0.1) is 0 Å².